The lowest BCUT2D eigenvalue weighted by Gasteiger charge is -2.29. The van der Waals surface area contributed by atoms with Gasteiger partial charge in [-0.05, 0) is 25.2 Å². The van der Waals surface area contributed by atoms with Gasteiger partial charge in [-0.2, -0.15) is 0 Å². The van der Waals surface area contributed by atoms with Crippen LogP contribution in [0.15, 0.2) is 0 Å². The van der Waals surface area contributed by atoms with Crippen molar-refractivity contribution in [2.45, 2.75) is 32.2 Å². The van der Waals surface area contributed by atoms with Crippen LogP contribution in [-0.4, -0.2) is 41.1 Å². The number of carbonyl (C=O) groups excluding carboxylic acids is 1. The molecular weight excluding hydrogens is 208 g/mol. The summed E-state index contributed by atoms with van der Waals surface area (Å²) in [7, 11) is 0. The molecule has 2 rings (SSSR count). The molecule has 0 aromatic carbocycles. The number of nitrogens with zero attached hydrogens (tertiary/aromatic N) is 1. The smallest absolute Gasteiger partial charge is 0.317 e. The Morgan fingerprint density at radius 1 is 1.31 bits per heavy atom. The summed E-state index contributed by atoms with van der Waals surface area (Å²) >= 11 is 0. The van der Waals surface area contributed by atoms with Gasteiger partial charge in [0.1, 0.15) is 0 Å². The largest absolute Gasteiger partial charge is 0.481 e. The average molecular weight is 226 g/mol. The molecule has 1 saturated carbocycles. The van der Waals surface area contributed by atoms with Crippen LogP contribution in [0.25, 0.3) is 0 Å². The number of hydrogen-bond acceptors (Lipinski definition) is 2. The number of urea groups is 1. The van der Waals surface area contributed by atoms with E-state index in [-0.39, 0.29) is 11.9 Å². The number of aliphatic carboxylic acids is 1. The third-order valence-electron chi connectivity index (χ3n) is 3.65. The zero-order valence-corrected chi connectivity index (χ0v) is 9.48. The molecule has 0 radical (unpaired) electrons. The second-order valence-electron chi connectivity index (χ2n) is 4.90. The predicted molar refractivity (Wildman–Crippen MR) is 58.0 cm³/mol. The van der Waals surface area contributed by atoms with Crippen molar-refractivity contribution in [2.24, 2.45) is 11.8 Å². The SMILES string of the molecule is CC1CN(C(=O)NC2CCC2)CC1C(=O)O. The highest BCUT2D eigenvalue weighted by Crippen LogP contribution is 2.24. The van der Waals surface area contributed by atoms with Gasteiger partial charge in [0.25, 0.3) is 0 Å². The van der Waals surface area contributed by atoms with Crippen molar-refractivity contribution in [1.29, 1.82) is 0 Å². The maximum Gasteiger partial charge on any atom is 0.317 e. The Morgan fingerprint density at radius 3 is 2.44 bits per heavy atom. The van der Waals surface area contributed by atoms with Crippen molar-refractivity contribution in [2.75, 3.05) is 13.1 Å². The monoisotopic (exact) mass is 226 g/mol. The molecule has 5 heteroatoms. The number of carboxylic acids is 1. The fraction of sp³-hybridized carbons (Fsp3) is 0.818. The number of amides is 2. The van der Waals surface area contributed by atoms with Crippen molar-refractivity contribution in [3.63, 3.8) is 0 Å². The summed E-state index contributed by atoms with van der Waals surface area (Å²) in [5, 5.41) is 11.9. The maximum atomic E-state index is 11.8. The molecule has 1 saturated heterocycles. The molecule has 0 aromatic rings. The summed E-state index contributed by atoms with van der Waals surface area (Å²) in [6.45, 7) is 2.78. The van der Waals surface area contributed by atoms with Gasteiger partial charge in [0.2, 0.25) is 0 Å². The first-order valence-corrected chi connectivity index (χ1v) is 5.86. The molecular formula is C11H18N2O3. The predicted octanol–water partition coefficient (Wildman–Crippen LogP) is 0.901. The molecule has 2 fully saturated rings. The minimum Gasteiger partial charge on any atom is -0.481 e. The molecule has 5 nitrogen and oxygen atoms in total. The third kappa shape index (κ3) is 2.13. The standard InChI is InChI=1S/C11H18N2O3/c1-7-5-13(6-9(7)10(14)15)11(16)12-8-3-2-4-8/h7-9H,2-6H2,1H3,(H,12,16)(H,14,15). The van der Waals surface area contributed by atoms with E-state index in [4.69, 9.17) is 5.11 Å². The Labute approximate surface area is 94.8 Å². The topological polar surface area (TPSA) is 69.6 Å². The summed E-state index contributed by atoms with van der Waals surface area (Å²) in [6.07, 6.45) is 3.29. The molecule has 2 atom stereocenters. The van der Waals surface area contributed by atoms with Crippen LogP contribution in [0.4, 0.5) is 4.79 Å². The van der Waals surface area contributed by atoms with E-state index in [1.165, 1.54) is 6.42 Å². The molecule has 16 heavy (non-hydrogen) atoms. The first-order valence-electron chi connectivity index (χ1n) is 5.86. The summed E-state index contributed by atoms with van der Waals surface area (Å²) in [5.74, 6) is -1.16. The van der Waals surface area contributed by atoms with E-state index in [0.717, 1.165) is 12.8 Å². The van der Waals surface area contributed by atoms with E-state index < -0.39 is 11.9 Å². The van der Waals surface area contributed by atoms with Gasteiger partial charge in [0.15, 0.2) is 0 Å². The minimum atomic E-state index is -0.800. The van der Waals surface area contributed by atoms with E-state index >= 15 is 0 Å². The summed E-state index contributed by atoms with van der Waals surface area (Å²) in [5.41, 5.74) is 0. The van der Waals surface area contributed by atoms with E-state index in [2.05, 4.69) is 5.32 Å². The summed E-state index contributed by atoms with van der Waals surface area (Å²) in [6, 6.07) is 0.215. The van der Waals surface area contributed by atoms with Crippen molar-refractivity contribution in [3.05, 3.63) is 0 Å². The zero-order valence-electron chi connectivity index (χ0n) is 9.48. The molecule has 2 aliphatic rings. The molecule has 1 aliphatic carbocycles. The molecule has 2 amide bonds. The highest BCUT2D eigenvalue weighted by Gasteiger charge is 2.37. The van der Waals surface area contributed by atoms with E-state index in [1.807, 2.05) is 6.92 Å². The van der Waals surface area contributed by atoms with Gasteiger partial charge < -0.3 is 15.3 Å². The van der Waals surface area contributed by atoms with Gasteiger partial charge >= 0.3 is 12.0 Å². The molecule has 0 aromatic heterocycles. The van der Waals surface area contributed by atoms with Crippen LogP contribution in [0.1, 0.15) is 26.2 Å². The van der Waals surface area contributed by atoms with Crippen LogP contribution in [0.5, 0.6) is 0 Å². The van der Waals surface area contributed by atoms with Crippen molar-refractivity contribution >= 4 is 12.0 Å². The average Bonchev–Trinajstić information content (AvgIpc) is 2.53. The Balaban J connectivity index is 1.86. The Hall–Kier alpha value is -1.26. The highest BCUT2D eigenvalue weighted by molar-refractivity contribution is 5.77. The second-order valence-corrected chi connectivity index (χ2v) is 4.90. The van der Waals surface area contributed by atoms with E-state index in [9.17, 15) is 9.59 Å². The lowest BCUT2D eigenvalue weighted by molar-refractivity contribution is -0.142. The van der Waals surface area contributed by atoms with Gasteiger partial charge in [0, 0.05) is 19.1 Å². The van der Waals surface area contributed by atoms with E-state index in [1.54, 1.807) is 4.90 Å². The number of likely N-dealkylation sites (tertiary alicyclic amines) is 1. The van der Waals surface area contributed by atoms with Crippen LogP contribution >= 0.6 is 0 Å². The number of carbonyl (C=O) groups is 2. The molecule has 90 valence electrons. The molecule has 1 heterocycles. The van der Waals surface area contributed by atoms with Gasteiger partial charge in [-0.3, -0.25) is 4.79 Å². The van der Waals surface area contributed by atoms with Gasteiger partial charge in [-0.15, -0.1) is 0 Å². The van der Waals surface area contributed by atoms with Crippen molar-refractivity contribution < 1.29 is 14.7 Å². The van der Waals surface area contributed by atoms with Crippen LogP contribution in [0.3, 0.4) is 0 Å². The lowest BCUT2D eigenvalue weighted by Crippen LogP contribution is -2.46. The molecule has 1 aliphatic heterocycles. The fourth-order valence-corrected chi connectivity index (χ4v) is 2.27. The van der Waals surface area contributed by atoms with E-state index in [0.29, 0.717) is 19.1 Å². The fourth-order valence-electron chi connectivity index (χ4n) is 2.27. The van der Waals surface area contributed by atoms with Crippen molar-refractivity contribution in [3.8, 4) is 0 Å². The first-order chi connectivity index (χ1) is 7.58. The number of hydrogen-bond donors (Lipinski definition) is 2. The van der Waals surface area contributed by atoms with Gasteiger partial charge in [-0.25, -0.2) is 4.79 Å². The summed E-state index contributed by atoms with van der Waals surface area (Å²) < 4.78 is 0. The summed E-state index contributed by atoms with van der Waals surface area (Å²) in [4.78, 5) is 24.3. The Bertz CT molecular complexity index is 302. The molecule has 2 N–H and O–H groups in total. The third-order valence-corrected chi connectivity index (χ3v) is 3.65. The number of carboxylic acid groups (broad SMARTS) is 1. The van der Waals surface area contributed by atoms with Crippen LogP contribution in [-0.2, 0) is 4.79 Å². The molecule has 2 unspecified atom stereocenters. The van der Waals surface area contributed by atoms with Crippen LogP contribution in [0.2, 0.25) is 0 Å². The minimum absolute atomic E-state index is 0.0460. The lowest BCUT2D eigenvalue weighted by atomic mass is 9.93. The Kier molecular flexibility index (Phi) is 3.03. The quantitative estimate of drug-likeness (QED) is 0.735. The number of nitrogens with one attached hydrogen (secondary N) is 1. The van der Waals surface area contributed by atoms with Crippen LogP contribution in [0, 0.1) is 11.8 Å². The van der Waals surface area contributed by atoms with Gasteiger partial charge in [-0.1, -0.05) is 6.92 Å². The second kappa shape index (κ2) is 4.31. The zero-order chi connectivity index (χ0) is 11.7. The highest BCUT2D eigenvalue weighted by atomic mass is 16.4. The van der Waals surface area contributed by atoms with Crippen molar-refractivity contribution in [1.82, 2.24) is 10.2 Å². The van der Waals surface area contributed by atoms with Crippen LogP contribution < -0.4 is 5.32 Å². The Morgan fingerprint density at radius 2 is 2.00 bits per heavy atom. The van der Waals surface area contributed by atoms with Gasteiger partial charge in [0.05, 0.1) is 5.92 Å². The number of rotatable bonds is 2. The first kappa shape index (κ1) is 11.2. The molecule has 0 spiro atoms. The molecule has 0 bridgehead atoms. The normalized spacial score (nSPS) is 29.9. The maximum absolute atomic E-state index is 11.8.